The van der Waals surface area contributed by atoms with Crippen LogP contribution in [-0.4, -0.2) is 16.1 Å². The number of carbonyl (C=O) groups is 1. The summed E-state index contributed by atoms with van der Waals surface area (Å²) in [6.07, 6.45) is 6.05. The summed E-state index contributed by atoms with van der Waals surface area (Å²) < 4.78 is 2.51. The lowest BCUT2D eigenvalue weighted by Gasteiger charge is -2.22. The van der Waals surface area contributed by atoms with Gasteiger partial charge < -0.3 is 9.67 Å². The molecular formula is C27H35NO2. The number of hydrogen-bond donors (Lipinski definition) is 1. The minimum atomic E-state index is -0.250. The summed E-state index contributed by atoms with van der Waals surface area (Å²) in [5.74, 6) is 0.768. The van der Waals surface area contributed by atoms with Gasteiger partial charge in [-0.05, 0) is 66.5 Å². The molecule has 2 aromatic carbocycles. The van der Waals surface area contributed by atoms with Gasteiger partial charge in [0.25, 0.3) is 6.47 Å². The van der Waals surface area contributed by atoms with Crippen molar-refractivity contribution in [2.75, 3.05) is 0 Å². The smallest absolute Gasteiger partial charge is 0.290 e. The fourth-order valence-corrected chi connectivity index (χ4v) is 4.09. The molecule has 1 aliphatic carbocycles. The Morgan fingerprint density at radius 1 is 1.07 bits per heavy atom. The lowest BCUT2D eigenvalue weighted by molar-refractivity contribution is -0.122. The van der Waals surface area contributed by atoms with Crippen LogP contribution >= 0.6 is 0 Å². The van der Waals surface area contributed by atoms with Gasteiger partial charge in [-0.1, -0.05) is 76.6 Å². The number of nitrogens with zero attached hydrogens (tertiary/aromatic N) is 1. The van der Waals surface area contributed by atoms with Crippen LogP contribution in [0.3, 0.4) is 0 Å². The van der Waals surface area contributed by atoms with Crippen molar-refractivity contribution in [1.29, 1.82) is 0 Å². The monoisotopic (exact) mass is 405 g/mol. The van der Waals surface area contributed by atoms with Gasteiger partial charge in [0.05, 0.1) is 5.69 Å². The number of carboxylic acid groups (broad SMARTS) is 1. The van der Waals surface area contributed by atoms with Gasteiger partial charge in [0.1, 0.15) is 0 Å². The zero-order valence-electron chi connectivity index (χ0n) is 18.8. The van der Waals surface area contributed by atoms with E-state index in [9.17, 15) is 0 Å². The van der Waals surface area contributed by atoms with Gasteiger partial charge >= 0.3 is 0 Å². The molecule has 0 saturated heterocycles. The first-order valence-corrected chi connectivity index (χ1v) is 11.1. The highest BCUT2D eigenvalue weighted by molar-refractivity contribution is 5.66. The molecule has 1 heterocycles. The average molecular weight is 406 g/mol. The lowest BCUT2D eigenvalue weighted by Crippen LogP contribution is -2.14. The second-order valence-corrected chi connectivity index (χ2v) is 7.57. The SMILES string of the molecule is CC.CCCc1ccc(-n2c(-c3ccccc3)cc3c2CC(C)CC3)cc1.O=CO. The third-order valence-corrected chi connectivity index (χ3v) is 5.44. The summed E-state index contributed by atoms with van der Waals surface area (Å²) in [6, 6.07) is 22.5. The van der Waals surface area contributed by atoms with Crippen LogP contribution in [0.15, 0.2) is 60.7 Å². The fourth-order valence-electron chi connectivity index (χ4n) is 4.09. The van der Waals surface area contributed by atoms with Gasteiger partial charge in [-0.15, -0.1) is 0 Å². The van der Waals surface area contributed by atoms with Gasteiger partial charge in [0, 0.05) is 11.4 Å². The molecule has 0 radical (unpaired) electrons. The summed E-state index contributed by atoms with van der Waals surface area (Å²) in [7, 11) is 0. The molecule has 3 nitrogen and oxygen atoms in total. The molecule has 30 heavy (non-hydrogen) atoms. The van der Waals surface area contributed by atoms with Crippen LogP contribution in [-0.2, 0) is 24.1 Å². The van der Waals surface area contributed by atoms with Gasteiger partial charge in [-0.2, -0.15) is 0 Å². The molecule has 1 atom stereocenters. The number of fused-ring (bicyclic) bond motifs is 1. The molecule has 0 amide bonds. The second-order valence-electron chi connectivity index (χ2n) is 7.57. The number of benzene rings is 2. The fraction of sp³-hybridized carbons (Fsp3) is 0.370. The molecule has 1 aromatic heterocycles. The van der Waals surface area contributed by atoms with E-state index in [-0.39, 0.29) is 6.47 Å². The first-order chi connectivity index (χ1) is 14.7. The minimum absolute atomic E-state index is 0.250. The maximum absolute atomic E-state index is 8.36. The summed E-state index contributed by atoms with van der Waals surface area (Å²) in [5, 5.41) is 6.89. The van der Waals surface area contributed by atoms with Crippen LogP contribution in [0.2, 0.25) is 0 Å². The highest BCUT2D eigenvalue weighted by Crippen LogP contribution is 2.35. The normalized spacial score (nSPS) is 14.5. The number of hydrogen-bond acceptors (Lipinski definition) is 1. The first-order valence-electron chi connectivity index (χ1n) is 11.1. The van der Waals surface area contributed by atoms with Crippen LogP contribution in [0, 0.1) is 5.92 Å². The third-order valence-electron chi connectivity index (χ3n) is 5.44. The highest BCUT2D eigenvalue weighted by atomic mass is 16.3. The lowest BCUT2D eigenvalue weighted by atomic mass is 9.89. The van der Waals surface area contributed by atoms with E-state index in [4.69, 9.17) is 9.90 Å². The van der Waals surface area contributed by atoms with Crippen molar-refractivity contribution in [2.45, 2.75) is 59.8 Å². The number of aryl methyl sites for hydroxylation is 2. The zero-order valence-corrected chi connectivity index (χ0v) is 18.8. The number of aromatic nitrogens is 1. The standard InChI is InChI=1S/C24H27N.C2H6.CH2O2/c1-3-7-19-11-14-22(15-12-19)25-23-16-18(2)10-13-21(23)17-24(25)20-8-5-4-6-9-20;1-2;2-1-3/h4-6,8-9,11-12,14-15,17-18H,3,7,10,13,16H2,1-2H3;1-2H3;1H,(H,2,3). The maximum Gasteiger partial charge on any atom is 0.290 e. The summed E-state index contributed by atoms with van der Waals surface area (Å²) in [5.41, 5.74) is 8.43. The Bertz CT molecular complexity index is 895. The predicted molar refractivity (Wildman–Crippen MR) is 126 cm³/mol. The molecule has 3 heteroatoms. The molecule has 3 aromatic rings. The van der Waals surface area contributed by atoms with Crippen LogP contribution in [0.25, 0.3) is 16.9 Å². The molecule has 0 saturated carbocycles. The van der Waals surface area contributed by atoms with E-state index in [1.165, 1.54) is 59.4 Å². The molecule has 0 spiro atoms. The van der Waals surface area contributed by atoms with Crippen molar-refractivity contribution in [2.24, 2.45) is 5.92 Å². The van der Waals surface area contributed by atoms with Gasteiger partial charge in [-0.25, -0.2) is 0 Å². The van der Waals surface area contributed by atoms with Crippen LogP contribution in [0.1, 0.15) is 57.4 Å². The molecule has 0 bridgehead atoms. The van der Waals surface area contributed by atoms with Crippen molar-refractivity contribution in [3.63, 3.8) is 0 Å². The topological polar surface area (TPSA) is 42.2 Å². The van der Waals surface area contributed by atoms with E-state index in [0.717, 1.165) is 12.3 Å². The molecule has 1 aliphatic rings. The zero-order chi connectivity index (χ0) is 21.9. The Balaban J connectivity index is 0.000000590. The van der Waals surface area contributed by atoms with Crippen molar-refractivity contribution >= 4 is 6.47 Å². The molecule has 1 unspecified atom stereocenters. The Kier molecular flexibility index (Phi) is 9.40. The summed E-state index contributed by atoms with van der Waals surface area (Å²) >= 11 is 0. The average Bonchev–Trinajstić information content (AvgIpc) is 3.16. The largest absolute Gasteiger partial charge is 0.483 e. The maximum atomic E-state index is 8.36. The van der Waals surface area contributed by atoms with Crippen molar-refractivity contribution in [1.82, 2.24) is 4.57 Å². The van der Waals surface area contributed by atoms with Gasteiger partial charge in [0.15, 0.2) is 0 Å². The molecule has 4 rings (SSSR count). The van der Waals surface area contributed by atoms with Crippen molar-refractivity contribution in [3.8, 4) is 16.9 Å². The van der Waals surface area contributed by atoms with E-state index in [1.54, 1.807) is 0 Å². The first kappa shape index (κ1) is 23.5. The predicted octanol–water partition coefficient (Wildman–Crippen LogP) is 6.95. The quantitative estimate of drug-likeness (QED) is 0.477. The molecule has 160 valence electrons. The Hall–Kier alpha value is -2.81. The van der Waals surface area contributed by atoms with Crippen molar-refractivity contribution < 1.29 is 9.90 Å². The molecular weight excluding hydrogens is 370 g/mol. The van der Waals surface area contributed by atoms with Gasteiger partial charge in [0.2, 0.25) is 0 Å². The van der Waals surface area contributed by atoms with Gasteiger partial charge in [-0.3, -0.25) is 4.79 Å². The third kappa shape index (κ3) is 5.63. The number of rotatable bonds is 4. The van der Waals surface area contributed by atoms with E-state index in [0.29, 0.717) is 0 Å². The molecule has 1 N–H and O–H groups in total. The van der Waals surface area contributed by atoms with Crippen LogP contribution in [0.4, 0.5) is 0 Å². The summed E-state index contributed by atoms with van der Waals surface area (Å²) in [6.45, 7) is 8.37. The van der Waals surface area contributed by atoms with E-state index in [1.807, 2.05) is 13.8 Å². The Morgan fingerprint density at radius 2 is 1.70 bits per heavy atom. The molecule has 0 aliphatic heterocycles. The minimum Gasteiger partial charge on any atom is -0.483 e. The molecule has 0 fully saturated rings. The van der Waals surface area contributed by atoms with Crippen molar-refractivity contribution in [3.05, 3.63) is 77.5 Å². The van der Waals surface area contributed by atoms with Crippen LogP contribution < -0.4 is 0 Å². The Morgan fingerprint density at radius 3 is 2.30 bits per heavy atom. The highest BCUT2D eigenvalue weighted by Gasteiger charge is 2.23. The summed E-state index contributed by atoms with van der Waals surface area (Å²) in [4.78, 5) is 8.36. The second kappa shape index (κ2) is 12.0. The van der Waals surface area contributed by atoms with E-state index in [2.05, 4.69) is 79.1 Å². The van der Waals surface area contributed by atoms with Crippen LogP contribution in [0.5, 0.6) is 0 Å². The van der Waals surface area contributed by atoms with E-state index >= 15 is 0 Å². The van der Waals surface area contributed by atoms with E-state index < -0.39 is 0 Å². The Labute approximate surface area is 181 Å².